The number of rotatable bonds is 7. The Morgan fingerprint density at radius 1 is 1.09 bits per heavy atom. The monoisotopic (exact) mass is 621 g/mol. The molecule has 1 N–H and O–H groups in total. The van der Waals surface area contributed by atoms with E-state index in [1.807, 2.05) is 6.92 Å². The first-order valence-electron chi connectivity index (χ1n) is 14.3. The first-order valence-corrected chi connectivity index (χ1v) is 14.3. The lowest BCUT2D eigenvalue weighted by Crippen LogP contribution is -2.61. The summed E-state index contributed by atoms with van der Waals surface area (Å²) in [6.45, 7) is 2.13. The molecule has 1 atom stereocenters. The molecule has 1 aromatic carbocycles. The molecule has 2 fully saturated rings. The smallest absolute Gasteiger partial charge is 0.341 e. The quantitative estimate of drug-likeness (QED) is 0.372. The van der Waals surface area contributed by atoms with Crippen molar-refractivity contribution in [2.75, 3.05) is 25.0 Å². The zero-order chi connectivity index (χ0) is 32.4. The Balaban J connectivity index is 1.56. The molecule has 10 nitrogen and oxygen atoms in total. The van der Waals surface area contributed by atoms with Crippen LogP contribution in [0.25, 0.3) is 0 Å². The highest BCUT2D eigenvalue weighted by atomic mass is 19.4. The minimum atomic E-state index is -4.78. The van der Waals surface area contributed by atoms with Gasteiger partial charge in [0.2, 0.25) is 17.9 Å². The van der Waals surface area contributed by atoms with Gasteiger partial charge in [0.15, 0.2) is 0 Å². The molecule has 1 aliphatic carbocycles. The lowest BCUT2D eigenvalue weighted by molar-refractivity contribution is -0.138. The number of pyridine rings is 1. The molecule has 1 aromatic heterocycles. The second-order valence-electron chi connectivity index (χ2n) is 11.7. The number of urea groups is 1. The number of alkyl halides is 3. The van der Waals surface area contributed by atoms with Gasteiger partial charge in [-0.15, -0.1) is 0 Å². The topological polar surface area (TPSA) is 112 Å². The fourth-order valence-electron chi connectivity index (χ4n) is 5.96. The van der Waals surface area contributed by atoms with E-state index in [4.69, 9.17) is 0 Å². The van der Waals surface area contributed by atoms with E-state index in [0.29, 0.717) is 43.1 Å². The summed E-state index contributed by atoms with van der Waals surface area (Å²) in [7, 11) is 2.85. The second kappa shape index (κ2) is 12.8. The van der Waals surface area contributed by atoms with Crippen LogP contribution in [-0.2, 0) is 22.8 Å². The van der Waals surface area contributed by atoms with E-state index >= 15 is 0 Å². The van der Waals surface area contributed by atoms with E-state index in [0.717, 1.165) is 17.7 Å². The third kappa shape index (κ3) is 6.78. The maximum atomic E-state index is 14.5. The van der Waals surface area contributed by atoms with Gasteiger partial charge in [-0.25, -0.2) is 9.18 Å². The number of nitrogens with zero attached hydrogens (tertiary/aromatic N) is 4. The number of hydrogen-bond donors (Lipinski definition) is 1. The number of anilines is 1. The molecule has 1 saturated heterocycles. The molecule has 238 valence electrons. The summed E-state index contributed by atoms with van der Waals surface area (Å²) in [4.78, 5) is 67.6. The van der Waals surface area contributed by atoms with Crippen LogP contribution in [0, 0.1) is 11.7 Å². The number of piperidine rings is 1. The number of amides is 5. The van der Waals surface area contributed by atoms with Crippen molar-refractivity contribution < 1.29 is 36.7 Å². The summed E-state index contributed by atoms with van der Waals surface area (Å²) < 4.78 is 55.5. The summed E-state index contributed by atoms with van der Waals surface area (Å²) in [5.41, 5.74) is -2.77. The Labute approximate surface area is 251 Å². The minimum Gasteiger partial charge on any atom is -0.341 e. The normalized spacial score (nSPS) is 17.6. The molecule has 1 saturated carbocycles. The van der Waals surface area contributed by atoms with E-state index in [2.05, 4.69) is 5.32 Å². The highest BCUT2D eigenvalue weighted by molar-refractivity contribution is 5.99. The molecule has 2 heterocycles. The van der Waals surface area contributed by atoms with Crippen molar-refractivity contribution in [1.82, 2.24) is 19.7 Å². The zero-order valence-electron chi connectivity index (χ0n) is 24.7. The minimum absolute atomic E-state index is 0.159. The highest BCUT2D eigenvalue weighted by Gasteiger charge is 2.44. The predicted octanol–water partition coefficient (Wildman–Crippen LogP) is 3.93. The SMILES string of the molecule is CN(C=O)C(=O)N(c1ccc(=O)n(C)c1)C1(C)CCN(C(=O)C(NC(=O)c2cc(C(F)(F)F)ccc2F)C2CCCC2)CC1. The summed E-state index contributed by atoms with van der Waals surface area (Å²) in [5, 5.41) is 2.53. The molecular formula is C30H35F4N5O5. The molecule has 0 spiro atoms. The van der Waals surface area contributed by atoms with E-state index in [1.54, 1.807) is 0 Å². The Morgan fingerprint density at radius 3 is 2.30 bits per heavy atom. The molecule has 14 heteroatoms. The Hall–Kier alpha value is -4.23. The standard InChI is InChI=1S/C30H35F4N5O5/c1-29(39(28(44)37(3)18-40)21-9-11-24(41)36(2)17-21)12-14-38(15-13-29)27(43)25(19-6-4-5-7-19)35-26(42)22-16-20(30(32,33)34)8-10-23(22)31/h8-11,16-19,25H,4-7,12-15H2,1-3H3,(H,35,42). The third-order valence-electron chi connectivity index (χ3n) is 8.63. The molecule has 1 aliphatic heterocycles. The molecule has 44 heavy (non-hydrogen) atoms. The number of carbonyl (C=O) groups excluding carboxylic acids is 4. The van der Waals surface area contributed by atoms with Crippen molar-refractivity contribution in [1.29, 1.82) is 0 Å². The van der Waals surface area contributed by atoms with Crippen LogP contribution in [0.2, 0.25) is 0 Å². The fourth-order valence-corrected chi connectivity index (χ4v) is 5.96. The van der Waals surface area contributed by atoms with Crippen molar-refractivity contribution in [2.45, 2.75) is 63.2 Å². The van der Waals surface area contributed by atoms with E-state index in [9.17, 15) is 41.5 Å². The van der Waals surface area contributed by atoms with Crippen molar-refractivity contribution in [3.05, 3.63) is 63.8 Å². The molecule has 0 radical (unpaired) electrons. The van der Waals surface area contributed by atoms with Gasteiger partial charge in [0.25, 0.3) is 5.91 Å². The number of aryl methyl sites for hydroxylation is 1. The number of aromatic nitrogens is 1. The summed E-state index contributed by atoms with van der Waals surface area (Å²) in [6.07, 6.45) is 0.458. The Kier molecular flexibility index (Phi) is 9.50. The van der Waals surface area contributed by atoms with Gasteiger partial charge in [0, 0.05) is 39.4 Å². The summed E-state index contributed by atoms with van der Waals surface area (Å²) >= 11 is 0. The number of imide groups is 1. The van der Waals surface area contributed by atoms with Gasteiger partial charge in [0.05, 0.1) is 22.4 Å². The van der Waals surface area contributed by atoms with Gasteiger partial charge in [0.1, 0.15) is 11.9 Å². The van der Waals surface area contributed by atoms with Gasteiger partial charge in [-0.05, 0) is 62.8 Å². The number of benzene rings is 1. The molecular weight excluding hydrogens is 586 g/mol. The number of halogens is 4. The van der Waals surface area contributed by atoms with Crippen molar-refractivity contribution in [3.63, 3.8) is 0 Å². The first kappa shape index (κ1) is 32.7. The van der Waals surface area contributed by atoms with Crippen LogP contribution in [-0.4, -0.2) is 70.3 Å². The van der Waals surface area contributed by atoms with Gasteiger partial charge in [-0.1, -0.05) is 12.8 Å². The summed E-state index contributed by atoms with van der Waals surface area (Å²) in [6, 6.07) is 2.66. The first-order chi connectivity index (χ1) is 20.7. The van der Waals surface area contributed by atoms with Crippen LogP contribution in [0.4, 0.5) is 28.0 Å². The van der Waals surface area contributed by atoms with Gasteiger partial charge in [-0.3, -0.25) is 29.0 Å². The van der Waals surface area contributed by atoms with Crippen LogP contribution in [0.15, 0.2) is 41.3 Å². The van der Waals surface area contributed by atoms with Crippen LogP contribution < -0.4 is 15.8 Å². The van der Waals surface area contributed by atoms with Crippen LogP contribution in [0.3, 0.4) is 0 Å². The van der Waals surface area contributed by atoms with Crippen LogP contribution in [0.5, 0.6) is 0 Å². The Morgan fingerprint density at radius 2 is 1.73 bits per heavy atom. The molecule has 2 aromatic rings. The zero-order valence-corrected chi connectivity index (χ0v) is 24.7. The van der Waals surface area contributed by atoms with Crippen LogP contribution >= 0.6 is 0 Å². The number of likely N-dealkylation sites (tertiary alicyclic amines) is 1. The average molecular weight is 622 g/mol. The lowest BCUT2D eigenvalue weighted by Gasteiger charge is -2.47. The van der Waals surface area contributed by atoms with E-state index in [-0.39, 0.29) is 37.4 Å². The van der Waals surface area contributed by atoms with Gasteiger partial charge in [-0.2, -0.15) is 13.2 Å². The lowest BCUT2D eigenvalue weighted by atomic mass is 9.86. The second-order valence-corrected chi connectivity index (χ2v) is 11.7. The van der Waals surface area contributed by atoms with Crippen molar-refractivity contribution >= 4 is 29.9 Å². The third-order valence-corrected chi connectivity index (χ3v) is 8.63. The molecule has 2 aliphatic rings. The Bertz CT molecular complexity index is 1480. The molecule has 0 bridgehead atoms. The van der Waals surface area contributed by atoms with Crippen molar-refractivity contribution in [3.8, 4) is 0 Å². The molecule has 4 rings (SSSR count). The van der Waals surface area contributed by atoms with Gasteiger partial charge < -0.3 is 14.8 Å². The molecule has 1 unspecified atom stereocenters. The number of carbonyl (C=O) groups is 4. The predicted molar refractivity (Wildman–Crippen MR) is 152 cm³/mol. The van der Waals surface area contributed by atoms with E-state index < -0.39 is 52.5 Å². The fraction of sp³-hybridized carbons (Fsp3) is 0.500. The number of hydrogen-bond acceptors (Lipinski definition) is 5. The van der Waals surface area contributed by atoms with Gasteiger partial charge >= 0.3 is 12.2 Å². The average Bonchev–Trinajstić information content (AvgIpc) is 3.51. The summed E-state index contributed by atoms with van der Waals surface area (Å²) in [5.74, 6) is -2.96. The maximum absolute atomic E-state index is 14.5. The van der Waals surface area contributed by atoms with Crippen molar-refractivity contribution in [2.24, 2.45) is 13.0 Å². The van der Waals surface area contributed by atoms with E-state index in [1.165, 1.54) is 46.8 Å². The highest BCUT2D eigenvalue weighted by Crippen LogP contribution is 2.36. The molecule has 5 amide bonds. The maximum Gasteiger partial charge on any atom is 0.416 e. The largest absolute Gasteiger partial charge is 0.416 e. The van der Waals surface area contributed by atoms with Crippen LogP contribution in [0.1, 0.15) is 61.4 Å². The number of nitrogens with one attached hydrogen (secondary N) is 1.